The number of aromatic hydroxyl groups is 2. The lowest BCUT2D eigenvalue weighted by atomic mass is 9.67. The third-order valence-electron chi connectivity index (χ3n) is 10.1. The van der Waals surface area contributed by atoms with Gasteiger partial charge in [0.15, 0.2) is 12.4 Å². The summed E-state index contributed by atoms with van der Waals surface area (Å²) in [6, 6.07) is 20.5. The highest BCUT2D eigenvalue weighted by molar-refractivity contribution is 7.99. The van der Waals surface area contributed by atoms with Crippen molar-refractivity contribution >= 4 is 29.6 Å². The van der Waals surface area contributed by atoms with Gasteiger partial charge in [0, 0.05) is 42.3 Å². The molecule has 53 heavy (non-hydrogen) atoms. The number of phenols is 2. The summed E-state index contributed by atoms with van der Waals surface area (Å²) < 4.78 is 11.0. The van der Waals surface area contributed by atoms with Crippen molar-refractivity contribution in [3.8, 4) is 17.2 Å². The van der Waals surface area contributed by atoms with Gasteiger partial charge in [-0.25, -0.2) is 0 Å². The summed E-state index contributed by atoms with van der Waals surface area (Å²) in [5.74, 6) is 1.91. The van der Waals surface area contributed by atoms with Crippen molar-refractivity contribution in [1.29, 1.82) is 0 Å². The highest BCUT2D eigenvalue weighted by Gasteiger charge is 2.39. The van der Waals surface area contributed by atoms with E-state index in [9.17, 15) is 19.8 Å². The number of likely N-dealkylation sites (tertiary alicyclic amines) is 1. The summed E-state index contributed by atoms with van der Waals surface area (Å²) in [6.07, 6.45) is 4.84. The molecule has 1 unspecified atom stereocenters. The van der Waals surface area contributed by atoms with E-state index in [1.165, 1.54) is 5.56 Å². The molecule has 5 rings (SSSR count). The van der Waals surface area contributed by atoms with Crippen LogP contribution in [0.2, 0.25) is 0 Å². The smallest absolute Gasteiger partial charge is 0.262 e. The summed E-state index contributed by atoms with van der Waals surface area (Å²) in [6.45, 7) is 12.5. The standard InChI is InChI=1S/C23H29NO3.C19H31N3O3S/c1-24-13-11-23(12-14-24,20-6-3-2-4-7-20)21-18-19(8-9-22(21)26)10-17-27-16-5-15-25;1-13(2)26-12-14(3)22(4)10-9-20-8-7-15-5-6-16(23)18-19(15)25-11-17(24)21-18/h2-4,6-9,15,18,26H,5,10-14,16-17H2,1H3;5-6,13-14,20,23H,7-12H2,1-4H3,(H,21,24). The van der Waals surface area contributed by atoms with E-state index in [1.807, 2.05) is 36.0 Å². The molecule has 0 saturated carbocycles. The second kappa shape index (κ2) is 21.3. The first-order chi connectivity index (χ1) is 25.5. The number of fused-ring (bicyclic) bond motifs is 1. The zero-order chi connectivity index (χ0) is 38.2. The molecule has 3 aromatic rings. The Kier molecular flexibility index (Phi) is 17.0. The van der Waals surface area contributed by atoms with Gasteiger partial charge < -0.3 is 44.9 Å². The van der Waals surface area contributed by atoms with Crippen LogP contribution in [0.15, 0.2) is 60.7 Å². The zero-order valence-corrected chi connectivity index (χ0v) is 33.1. The number of aldehydes is 1. The van der Waals surface area contributed by atoms with Crippen LogP contribution in [0, 0.1) is 0 Å². The van der Waals surface area contributed by atoms with E-state index >= 15 is 0 Å². The number of carbonyl (C=O) groups excluding carboxylic acids is 2. The van der Waals surface area contributed by atoms with Gasteiger partial charge in [-0.3, -0.25) is 4.79 Å². The summed E-state index contributed by atoms with van der Waals surface area (Å²) in [4.78, 5) is 26.5. The van der Waals surface area contributed by atoms with Crippen LogP contribution in [0.25, 0.3) is 0 Å². The van der Waals surface area contributed by atoms with Gasteiger partial charge in [0.25, 0.3) is 5.91 Å². The van der Waals surface area contributed by atoms with Crippen LogP contribution in [0.4, 0.5) is 5.69 Å². The van der Waals surface area contributed by atoms with Crippen molar-refractivity contribution in [2.75, 3.05) is 77.7 Å². The van der Waals surface area contributed by atoms with E-state index in [-0.39, 0.29) is 23.7 Å². The third kappa shape index (κ3) is 12.5. The minimum Gasteiger partial charge on any atom is -0.508 e. The molecule has 290 valence electrons. The van der Waals surface area contributed by atoms with Gasteiger partial charge in [0.2, 0.25) is 0 Å². The van der Waals surface area contributed by atoms with Crippen LogP contribution in [0.5, 0.6) is 17.2 Å². The number of nitrogens with one attached hydrogen (secondary N) is 2. The fourth-order valence-corrected chi connectivity index (χ4v) is 7.63. The molecule has 11 heteroatoms. The van der Waals surface area contributed by atoms with E-state index in [4.69, 9.17) is 9.47 Å². The Labute approximate surface area is 320 Å². The Balaban J connectivity index is 0.000000237. The highest BCUT2D eigenvalue weighted by Crippen LogP contribution is 2.45. The topological polar surface area (TPSA) is 124 Å². The second-order valence-corrected chi connectivity index (χ2v) is 16.0. The van der Waals surface area contributed by atoms with Crippen LogP contribution in [-0.2, 0) is 32.6 Å². The molecule has 2 heterocycles. The van der Waals surface area contributed by atoms with Crippen LogP contribution < -0.4 is 15.4 Å². The van der Waals surface area contributed by atoms with Crippen molar-refractivity contribution in [2.24, 2.45) is 0 Å². The maximum absolute atomic E-state index is 11.4. The largest absolute Gasteiger partial charge is 0.508 e. The minimum absolute atomic E-state index is 0.00600. The minimum atomic E-state index is -0.240. The van der Waals surface area contributed by atoms with Gasteiger partial charge in [0.1, 0.15) is 23.5 Å². The van der Waals surface area contributed by atoms with Crippen molar-refractivity contribution in [3.05, 3.63) is 82.9 Å². The SMILES string of the molecule is CC(C)SCC(C)N(C)CCNCCc1ccc(O)c2c1OCC(=O)N2.CN1CCC(c2ccccc2)(c2cc(CCOCCC=O)ccc2O)CC1. The number of likely N-dealkylation sites (N-methyl/N-ethyl adjacent to an activating group) is 1. The maximum Gasteiger partial charge on any atom is 0.262 e. The Hall–Kier alpha value is -3.61. The van der Waals surface area contributed by atoms with Gasteiger partial charge in [-0.05, 0) is 100 Å². The quantitative estimate of drug-likeness (QED) is 0.0714. The molecule has 10 nitrogen and oxygen atoms in total. The predicted molar refractivity (Wildman–Crippen MR) is 216 cm³/mol. The first-order valence-electron chi connectivity index (χ1n) is 18.9. The summed E-state index contributed by atoms with van der Waals surface area (Å²) in [5.41, 5.74) is 4.66. The van der Waals surface area contributed by atoms with Crippen LogP contribution in [-0.4, -0.2) is 116 Å². The molecule has 4 N–H and O–H groups in total. The number of amides is 1. The average Bonchev–Trinajstić information content (AvgIpc) is 3.16. The van der Waals surface area contributed by atoms with E-state index in [0.717, 1.165) is 87.1 Å². The normalized spacial score (nSPS) is 15.9. The molecule has 0 aliphatic carbocycles. The molecule has 1 amide bonds. The predicted octanol–water partition coefficient (Wildman–Crippen LogP) is 5.87. The van der Waals surface area contributed by atoms with E-state index in [2.05, 4.69) is 85.6 Å². The number of carbonyl (C=O) groups is 2. The fraction of sp³-hybridized carbons (Fsp3) is 0.524. The second-order valence-electron chi connectivity index (χ2n) is 14.4. The number of nitrogens with zero attached hydrogens (tertiary/aromatic N) is 2. The number of anilines is 1. The lowest BCUT2D eigenvalue weighted by Gasteiger charge is -2.42. The molecule has 2 aliphatic heterocycles. The Morgan fingerprint density at radius 1 is 1.02 bits per heavy atom. The molecule has 1 saturated heterocycles. The number of thioether (sulfide) groups is 1. The zero-order valence-electron chi connectivity index (χ0n) is 32.2. The molecule has 1 atom stereocenters. The van der Waals surface area contributed by atoms with E-state index < -0.39 is 0 Å². The molecule has 0 radical (unpaired) electrons. The number of hydrogen-bond acceptors (Lipinski definition) is 10. The number of ether oxygens (including phenoxy) is 2. The number of piperidine rings is 1. The highest BCUT2D eigenvalue weighted by atomic mass is 32.2. The summed E-state index contributed by atoms with van der Waals surface area (Å²) >= 11 is 2.00. The van der Waals surface area contributed by atoms with Crippen LogP contribution >= 0.6 is 11.8 Å². The fourth-order valence-electron chi connectivity index (χ4n) is 6.71. The van der Waals surface area contributed by atoms with Crippen LogP contribution in [0.3, 0.4) is 0 Å². The molecule has 0 spiro atoms. The molecular weight excluding hydrogens is 689 g/mol. The Bertz CT molecular complexity index is 1580. The summed E-state index contributed by atoms with van der Waals surface area (Å²) in [5, 5.41) is 27.4. The lowest BCUT2D eigenvalue weighted by molar-refractivity contribution is -0.118. The molecule has 0 aromatic heterocycles. The monoisotopic (exact) mass is 748 g/mol. The van der Waals surface area contributed by atoms with Gasteiger partial charge in [0.05, 0.1) is 13.2 Å². The van der Waals surface area contributed by atoms with E-state index in [1.54, 1.807) is 6.07 Å². The van der Waals surface area contributed by atoms with Gasteiger partial charge in [-0.1, -0.05) is 62.4 Å². The summed E-state index contributed by atoms with van der Waals surface area (Å²) in [7, 11) is 4.32. The van der Waals surface area contributed by atoms with Gasteiger partial charge in [-0.2, -0.15) is 11.8 Å². The number of phenolic OH excluding ortho intramolecular Hbond substituents is 2. The molecule has 0 bridgehead atoms. The van der Waals surface area contributed by atoms with Crippen molar-refractivity contribution < 1.29 is 29.3 Å². The van der Waals surface area contributed by atoms with Crippen LogP contribution in [0.1, 0.15) is 62.3 Å². The number of rotatable bonds is 18. The average molecular weight is 749 g/mol. The Morgan fingerprint density at radius 2 is 1.75 bits per heavy atom. The molecule has 1 fully saturated rings. The molecular formula is C42H60N4O6S. The third-order valence-corrected chi connectivity index (χ3v) is 11.5. The maximum atomic E-state index is 11.4. The first-order valence-corrected chi connectivity index (χ1v) is 20.0. The Morgan fingerprint density at radius 3 is 2.47 bits per heavy atom. The van der Waals surface area contributed by atoms with Crippen molar-refractivity contribution in [2.45, 2.75) is 69.6 Å². The lowest BCUT2D eigenvalue weighted by Crippen LogP contribution is -2.41. The molecule has 2 aliphatic rings. The first kappa shape index (κ1) is 42.1. The van der Waals surface area contributed by atoms with Crippen molar-refractivity contribution in [3.63, 3.8) is 0 Å². The molecule has 3 aromatic carbocycles. The van der Waals surface area contributed by atoms with Gasteiger partial charge in [-0.15, -0.1) is 0 Å². The number of hydrogen-bond donors (Lipinski definition) is 4. The number of benzene rings is 3. The van der Waals surface area contributed by atoms with Crippen molar-refractivity contribution in [1.82, 2.24) is 15.1 Å². The van der Waals surface area contributed by atoms with E-state index in [0.29, 0.717) is 48.1 Å². The van der Waals surface area contributed by atoms with Gasteiger partial charge >= 0.3 is 0 Å².